The van der Waals surface area contributed by atoms with Crippen molar-refractivity contribution in [2.75, 3.05) is 32.1 Å². The van der Waals surface area contributed by atoms with Gasteiger partial charge < -0.3 is 15.0 Å². The van der Waals surface area contributed by atoms with Crippen LogP contribution in [0.15, 0.2) is 24.3 Å². The first-order chi connectivity index (χ1) is 10.2. The van der Waals surface area contributed by atoms with Gasteiger partial charge in [0.2, 0.25) is 0 Å². The standard InChI is InChI=1S/C17H26N2O2/c1-3-10-19-11-5-8-15(9-12-19)18-16-7-4-6-14(13-16)17(20)21-2/h4,6-7,13,15,18H,3,5,8-12H2,1-2H3. The fraction of sp³-hybridized carbons (Fsp3) is 0.588. The highest BCUT2D eigenvalue weighted by molar-refractivity contribution is 5.90. The molecule has 0 radical (unpaired) electrons. The van der Waals surface area contributed by atoms with Crippen LogP contribution in [-0.4, -0.2) is 43.7 Å². The number of carbonyl (C=O) groups is 1. The lowest BCUT2D eigenvalue weighted by molar-refractivity contribution is 0.0601. The predicted molar refractivity (Wildman–Crippen MR) is 85.8 cm³/mol. The maximum absolute atomic E-state index is 11.6. The van der Waals surface area contributed by atoms with E-state index in [0.717, 1.165) is 18.7 Å². The van der Waals surface area contributed by atoms with Gasteiger partial charge in [-0.3, -0.25) is 0 Å². The van der Waals surface area contributed by atoms with Gasteiger partial charge in [0.15, 0.2) is 0 Å². The van der Waals surface area contributed by atoms with E-state index in [1.807, 2.05) is 18.2 Å². The molecule has 1 aromatic carbocycles. The third-order valence-corrected chi connectivity index (χ3v) is 4.02. The molecule has 0 aromatic heterocycles. The molecule has 0 spiro atoms. The van der Waals surface area contributed by atoms with Gasteiger partial charge in [-0.05, 0) is 57.0 Å². The van der Waals surface area contributed by atoms with E-state index < -0.39 is 0 Å². The second-order valence-corrected chi connectivity index (χ2v) is 5.69. The lowest BCUT2D eigenvalue weighted by atomic mass is 10.1. The number of methoxy groups -OCH3 is 1. The first-order valence-electron chi connectivity index (χ1n) is 7.90. The molecular formula is C17H26N2O2. The fourth-order valence-corrected chi connectivity index (χ4v) is 2.93. The Kier molecular flexibility index (Phi) is 6.05. The van der Waals surface area contributed by atoms with Crippen molar-refractivity contribution in [3.63, 3.8) is 0 Å². The van der Waals surface area contributed by atoms with Crippen molar-refractivity contribution >= 4 is 11.7 Å². The average molecular weight is 290 g/mol. The molecule has 1 aromatic rings. The Bertz CT molecular complexity index is 462. The average Bonchev–Trinajstić information content (AvgIpc) is 2.73. The van der Waals surface area contributed by atoms with E-state index in [1.54, 1.807) is 6.07 Å². The molecular weight excluding hydrogens is 264 g/mol. The van der Waals surface area contributed by atoms with E-state index in [-0.39, 0.29) is 5.97 Å². The van der Waals surface area contributed by atoms with E-state index in [0.29, 0.717) is 11.6 Å². The maximum atomic E-state index is 11.6. The molecule has 0 amide bonds. The number of nitrogens with zero attached hydrogens (tertiary/aromatic N) is 1. The predicted octanol–water partition coefficient (Wildman–Crippen LogP) is 3.15. The summed E-state index contributed by atoms with van der Waals surface area (Å²) < 4.78 is 4.77. The summed E-state index contributed by atoms with van der Waals surface area (Å²) in [5, 5.41) is 3.57. The number of nitrogens with one attached hydrogen (secondary N) is 1. The minimum atomic E-state index is -0.284. The number of hydrogen-bond donors (Lipinski definition) is 1. The Morgan fingerprint density at radius 1 is 1.38 bits per heavy atom. The summed E-state index contributed by atoms with van der Waals surface area (Å²) >= 11 is 0. The molecule has 1 aliphatic heterocycles. The SMILES string of the molecule is CCCN1CCCC(Nc2cccc(C(=O)OC)c2)CC1. The molecule has 21 heavy (non-hydrogen) atoms. The Morgan fingerprint density at radius 2 is 2.24 bits per heavy atom. The largest absolute Gasteiger partial charge is 0.465 e. The van der Waals surface area contributed by atoms with Crippen molar-refractivity contribution in [2.45, 2.75) is 38.6 Å². The topological polar surface area (TPSA) is 41.6 Å². The smallest absolute Gasteiger partial charge is 0.337 e. The molecule has 0 aliphatic carbocycles. The molecule has 4 nitrogen and oxygen atoms in total. The van der Waals surface area contributed by atoms with Crippen LogP contribution >= 0.6 is 0 Å². The molecule has 0 bridgehead atoms. The molecule has 1 atom stereocenters. The molecule has 1 N–H and O–H groups in total. The molecule has 1 saturated heterocycles. The van der Waals surface area contributed by atoms with E-state index in [1.165, 1.54) is 39.5 Å². The van der Waals surface area contributed by atoms with Gasteiger partial charge in [0.1, 0.15) is 0 Å². The first-order valence-corrected chi connectivity index (χ1v) is 7.90. The lowest BCUT2D eigenvalue weighted by Gasteiger charge is -2.20. The fourth-order valence-electron chi connectivity index (χ4n) is 2.93. The highest BCUT2D eigenvalue weighted by Gasteiger charge is 2.16. The lowest BCUT2D eigenvalue weighted by Crippen LogP contribution is -2.27. The minimum Gasteiger partial charge on any atom is -0.465 e. The van der Waals surface area contributed by atoms with Crippen molar-refractivity contribution < 1.29 is 9.53 Å². The van der Waals surface area contributed by atoms with Crippen LogP contribution in [0.4, 0.5) is 5.69 Å². The number of ether oxygens (including phenoxy) is 1. The number of rotatable bonds is 5. The van der Waals surface area contributed by atoms with Crippen LogP contribution < -0.4 is 5.32 Å². The van der Waals surface area contributed by atoms with Crippen LogP contribution in [0.25, 0.3) is 0 Å². The van der Waals surface area contributed by atoms with Gasteiger partial charge in [-0.25, -0.2) is 4.79 Å². The van der Waals surface area contributed by atoms with Gasteiger partial charge in [-0.2, -0.15) is 0 Å². The summed E-state index contributed by atoms with van der Waals surface area (Å²) in [6.45, 7) is 5.79. The highest BCUT2D eigenvalue weighted by atomic mass is 16.5. The van der Waals surface area contributed by atoms with Crippen molar-refractivity contribution in [3.8, 4) is 0 Å². The third-order valence-electron chi connectivity index (χ3n) is 4.02. The van der Waals surface area contributed by atoms with Crippen molar-refractivity contribution in [3.05, 3.63) is 29.8 Å². The van der Waals surface area contributed by atoms with Crippen LogP contribution in [-0.2, 0) is 4.74 Å². The van der Waals surface area contributed by atoms with Crippen LogP contribution in [0.3, 0.4) is 0 Å². The van der Waals surface area contributed by atoms with Crippen molar-refractivity contribution in [1.82, 2.24) is 4.90 Å². The minimum absolute atomic E-state index is 0.284. The molecule has 4 heteroatoms. The Labute approximate surface area is 127 Å². The van der Waals surface area contributed by atoms with Crippen molar-refractivity contribution in [2.24, 2.45) is 0 Å². The number of hydrogen-bond acceptors (Lipinski definition) is 4. The van der Waals surface area contributed by atoms with Gasteiger partial charge in [-0.15, -0.1) is 0 Å². The summed E-state index contributed by atoms with van der Waals surface area (Å²) in [4.78, 5) is 14.1. The molecule has 2 rings (SSSR count). The number of carbonyl (C=O) groups excluding carboxylic acids is 1. The molecule has 116 valence electrons. The first kappa shape index (κ1) is 15.8. The Hall–Kier alpha value is -1.55. The Morgan fingerprint density at radius 3 is 3.00 bits per heavy atom. The normalized spacial score (nSPS) is 19.8. The number of likely N-dealkylation sites (tertiary alicyclic amines) is 1. The summed E-state index contributed by atoms with van der Waals surface area (Å²) in [5.41, 5.74) is 1.61. The summed E-state index contributed by atoms with van der Waals surface area (Å²) in [6.07, 6.45) is 4.79. The zero-order valence-electron chi connectivity index (χ0n) is 13.1. The van der Waals surface area contributed by atoms with Crippen LogP contribution in [0.1, 0.15) is 43.0 Å². The van der Waals surface area contributed by atoms with Crippen LogP contribution in [0, 0.1) is 0 Å². The quantitative estimate of drug-likeness (QED) is 0.846. The van der Waals surface area contributed by atoms with Gasteiger partial charge >= 0.3 is 5.97 Å². The third kappa shape index (κ3) is 4.74. The maximum Gasteiger partial charge on any atom is 0.337 e. The van der Waals surface area contributed by atoms with E-state index in [2.05, 4.69) is 17.1 Å². The van der Waals surface area contributed by atoms with Gasteiger partial charge in [0, 0.05) is 18.3 Å². The second-order valence-electron chi connectivity index (χ2n) is 5.69. The highest BCUT2D eigenvalue weighted by Crippen LogP contribution is 2.18. The van der Waals surface area contributed by atoms with Gasteiger partial charge in [-0.1, -0.05) is 13.0 Å². The van der Waals surface area contributed by atoms with Crippen molar-refractivity contribution in [1.29, 1.82) is 0 Å². The monoisotopic (exact) mass is 290 g/mol. The summed E-state index contributed by atoms with van der Waals surface area (Å²) in [5.74, 6) is -0.284. The summed E-state index contributed by atoms with van der Waals surface area (Å²) in [7, 11) is 1.41. The van der Waals surface area contributed by atoms with E-state index in [9.17, 15) is 4.79 Å². The number of benzene rings is 1. The second kappa shape index (κ2) is 8.03. The van der Waals surface area contributed by atoms with Crippen LogP contribution in [0.2, 0.25) is 0 Å². The molecule has 1 heterocycles. The Balaban J connectivity index is 1.93. The zero-order chi connectivity index (χ0) is 15.1. The van der Waals surface area contributed by atoms with E-state index >= 15 is 0 Å². The van der Waals surface area contributed by atoms with Gasteiger partial charge in [0.05, 0.1) is 12.7 Å². The number of esters is 1. The van der Waals surface area contributed by atoms with Crippen LogP contribution in [0.5, 0.6) is 0 Å². The zero-order valence-corrected chi connectivity index (χ0v) is 13.1. The number of anilines is 1. The van der Waals surface area contributed by atoms with Gasteiger partial charge in [0.25, 0.3) is 0 Å². The molecule has 1 unspecified atom stereocenters. The molecule has 0 saturated carbocycles. The molecule has 1 aliphatic rings. The summed E-state index contributed by atoms with van der Waals surface area (Å²) in [6, 6.07) is 8.06. The molecule has 1 fully saturated rings. The van der Waals surface area contributed by atoms with E-state index in [4.69, 9.17) is 4.74 Å².